The van der Waals surface area contributed by atoms with Gasteiger partial charge in [-0.25, -0.2) is 0 Å². The van der Waals surface area contributed by atoms with Crippen LogP contribution in [0.2, 0.25) is 0 Å². The summed E-state index contributed by atoms with van der Waals surface area (Å²) in [7, 11) is 0. The summed E-state index contributed by atoms with van der Waals surface area (Å²) in [5, 5.41) is 5.64. The lowest BCUT2D eigenvalue weighted by Gasteiger charge is -2.32. The lowest BCUT2D eigenvalue weighted by atomic mass is 9.99. The van der Waals surface area contributed by atoms with Crippen molar-refractivity contribution in [2.75, 3.05) is 0 Å². The van der Waals surface area contributed by atoms with E-state index in [-0.39, 0.29) is 17.9 Å². The highest BCUT2D eigenvalue weighted by Crippen LogP contribution is 2.23. The number of hydrogen-bond acceptors (Lipinski definition) is 2. The Labute approximate surface area is 225 Å². The van der Waals surface area contributed by atoms with E-state index in [4.69, 9.17) is 0 Å². The fraction of sp³-hybridized carbons (Fsp3) is 0.294. The lowest BCUT2D eigenvalue weighted by molar-refractivity contribution is -0.141. The van der Waals surface area contributed by atoms with Crippen molar-refractivity contribution < 1.29 is 9.59 Å². The van der Waals surface area contributed by atoms with Crippen LogP contribution in [0, 0.1) is 0 Å². The van der Waals surface area contributed by atoms with Gasteiger partial charge in [0.05, 0.1) is 0 Å². The molecular formula is C34H36N2O2. The van der Waals surface area contributed by atoms with E-state index in [2.05, 4.69) is 35.6 Å². The molecular weight excluding hydrogens is 468 g/mol. The zero-order valence-corrected chi connectivity index (χ0v) is 21.9. The van der Waals surface area contributed by atoms with E-state index in [1.807, 2.05) is 77.7 Å². The van der Waals surface area contributed by atoms with Crippen molar-refractivity contribution in [3.63, 3.8) is 0 Å². The summed E-state index contributed by atoms with van der Waals surface area (Å²) in [6.45, 7) is 0.408. The number of nitrogens with zero attached hydrogens (tertiary/aromatic N) is 1. The van der Waals surface area contributed by atoms with E-state index in [1.54, 1.807) is 0 Å². The second-order valence-corrected chi connectivity index (χ2v) is 10.3. The molecule has 0 bridgehead atoms. The fourth-order valence-electron chi connectivity index (χ4n) is 5.60. The molecule has 1 N–H and O–H groups in total. The predicted molar refractivity (Wildman–Crippen MR) is 154 cm³/mol. The molecule has 0 aromatic heterocycles. The van der Waals surface area contributed by atoms with Gasteiger partial charge in [-0.2, -0.15) is 0 Å². The summed E-state index contributed by atoms with van der Waals surface area (Å²) < 4.78 is 0. The Bertz CT molecular complexity index is 1340. The molecule has 2 amide bonds. The molecule has 0 spiro atoms. The molecule has 1 fully saturated rings. The van der Waals surface area contributed by atoms with Crippen molar-refractivity contribution in [1.29, 1.82) is 0 Å². The number of rotatable bonds is 10. The number of carbonyl (C=O) groups is 2. The Balaban J connectivity index is 1.42. The molecule has 0 aliphatic heterocycles. The first-order chi connectivity index (χ1) is 18.7. The molecule has 4 nitrogen and oxygen atoms in total. The maximum atomic E-state index is 14.0. The molecule has 4 aromatic carbocycles. The van der Waals surface area contributed by atoms with E-state index >= 15 is 0 Å². The maximum absolute atomic E-state index is 14.0. The summed E-state index contributed by atoms with van der Waals surface area (Å²) in [5.41, 5.74) is 3.24. The van der Waals surface area contributed by atoms with Crippen LogP contribution >= 0.6 is 0 Å². The van der Waals surface area contributed by atoms with Crippen LogP contribution in [0.3, 0.4) is 0 Å². The zero-order valence-electron chi connectivity index (χ0n) is 21.9. The second kappa shape index (κ2) is 12.6. The minimum Gasteiger partial charge on any atom is -0.352 e. The van der Waals surface area contributed by atoms with E-state index in [9.17, 15) is 9.59 Å². The van der Waals surface area contributed by atoms with Crippen molar-refractivity contribution >= 4 is 22.6 Å². The number of fused-ring (bicyclic) bond motifs is 1. The van der Waals surface area contributed by atoms with Crippen molar-refractivity contribution in [2.45, 2.75) is 63.6 Å². The maximum Gasteiger partial charge on any atom is 0.243 e. The molecule has 0 saturated heterocycles. The molecule has 4 heteroatoms. The average Bonchev–Trinajstić information content (AvgIpc) is 3.47. The third-order valence-electron chi connectivity index (χ3n) is 7.66. The summed E-state index contributed by atoms with van der Waals surface area (Å²) in [5.74, 6) is -0.0421. The van der Waals surface area contributed by atoms with Gasteiger partial charge < -0.3 is 10.2 Å². The molecule has 1 unspecified atom stereocenters. The Morgan fingerprint density at radius 3 is 2.13 bits per heavy atom. The Morgan fingerprint density at radius 2 is 1.39 bits per heavy atom. The zero-order chi connectivity index (χ0) is 26.2. The largest absolute Gasteiger partial charge is 0.352 e. The van der Waals surface area contributed by atoms with Crippen LogP contribution in [0.25, 0.3) is 10.8 Å². The highest BCUT2D eigenvalue weighted by molar-refractivity contribution is 5.89. The molecule has 5 rings (SSSR count). The number of amides is 2. The number of hydrogen-bond donors (Lipinski definition) is 1. The van der Waals surface area contributed by atoms with Crippen molar-refractivity contribution in [1.82, 2.24) is 10.2 Å². The van der Waals surface area contributed by atoms with Gasteiger partial charge in [0.1, 0.15) is 6.04 Å². The van der Waals surface area contributed by atoms with E-state index < -0.39 is 6.04 Å². The minimum atomic E-state index is -0.571. The number of nitrogens with one attached hydrogen (secondary N) is 1. The van der Waals surface area contributed by atoms with E-state index in [1.165, 1.54) is 10.8 Å². The van der Waals surface area contributed by atoms with Crippen molar-refractivity contribution in [2.24, 2.45) is 0 Å². The monoisotopic (exact) mass is 504 g/mol. The third-order valence-corrected chi connectivity index (χ3v) is 7.66. The molecule has 1 aliphatic carbocycles. The van der Waals surface area contributed by atoms with Crippen LogP contribution < -0.4 is 5.32 Å². The molecule has 4 aromatic rings. The van der Waals surface area contributed by atoms with E-state index in [0.29, 0.717) is 25.8 Å². The summed E-state index contributed by atoms with van der Waals surface area (Å²) >= 11 is 0. The fourth-order valence-corrected chi connectivity index (χ4v) is 5.60. The molecule has 0 radical (unpaired) electrons. The highest BCUT2D eigenvalue weighted by Gasteiger charge is 2.32. The quantitative estimate of drug-likeness (QED) is 0.269. The summed E-state index contributed by atoms with van der Waals surface area (Å²) in [6.07, 6.45) is 5.79. The van der Waals surface area contributed by atoms with Gasteiger partial charge in [-0.1, -0.05) is 116 Å². The normalized spacial score (nSPS) is 14.3. The first-order valence-corrected chi connectivity index (χ1v) is 13.8. The van der Waals surface area contributed by atoms with Gasteiger partial charge >= 0.3 is 0 Å². The average molecular weight is 505 g/mol. The SMILES string of the molecule is O=C(NC1CCCC1)C(Cc1ccccc1)N(Cc1ccccc1)C(=O)CCc1cccc2ccccc12. The predicted octanol–water partition coefficient (Wildman–Crippen LogP) is 6.47. The van der Waals surface area contributed by atoms with Gasteiger partial charge in [-0.15, -0.1) is 0 Å². The molecule has 194 valence electrons. The lowest BCUT2D eigenvalue weighted by Crippen LogP contribution is -2.52. The van der Waals surface area contributed by atoms with Crippen LogP contribution in [0.15, 0.2) is 103 Å². The highest BCUT2D eigenvalue weighted by atomic mass is 16.2. The van der Waals surface area contributed by atoms with Crippen molar-refractivity contribution in [3.05, 3.63) is 120 Å². The topological polar surface area (TPSA) is 49.4 Å². The smallest absolute Gasteiger partial charge is 0.243 e. The molecule has 38 heavy (non-hydrogen) atoms. The van der Waals surface area contributed by atoms with Crippen LogP contribution in [0.5, 0.6) is 0 Å². The minimum absolute atomic E-state index is 0.00397. The number of aryl methyl sites for hydroxylation is 1. The van der Waals surface area contributed by atoms with Crippen LogP contribution in [-0.2, 0) is 29.0 Å². The van der Waals surface area contributed by atoms with Gasteiger partial charge in [0, 0.05) is 25.4 Å². The van der Waals surface area contributed by atoms with Gasteiger partial charge in [-0.3, -0.25) is 9.59 Å². The standard InChI is InChI=1S/C34H36N2O2/c37-33(23-22-29-18-11-17-28-16-7-10-21-31(28)29)36(25-27-14-5-2-6-15-27)32(24-26-12-3-1-4-13-26)34(38)35-30-19-8-9-20-30/h1-7,10-18,21,30,32H,8-9,19-20,22-25H2,(H,35,38). The number of carbonyl (C=O) groups excluding carboxylic acids is 2. The first kappa shape index (κ1) is 25.7. The van der Waals surface area contributed by atoms with Crippen LogP contribution in [0.1, 0.15) is 48.8 Å². The molecule has 1 aliphatic rings. The Kier molecular flexibility index (Phi) is 8.49. The van der Waals surface area contributed by atoms with Gasteiger partial charge in [0.2, 0.25) is 11.8 Å². The first-order valence-electron chi connectivity index (χ1n) is 13.8. The summed E-state index contributed by atoms with van der Waals surface area (Å²) in [6, 6.07) is 34.2. The Morgan fingerprint density at radius 1 is 0.763 bits per heavy atom. The third kappa shape index (κ3) is 6.49. The summed E-state index contributed by atoms with van der Waals surface area (Å²) in [4.78, 5) is 29.6. The molecule has 1 atom stereocenters. The van der Waals surface area contributed by atoms with E-state index in [0.717, 1.165) is 42.4 Å². The second-order valence-electron chi connectivity index (χ2n) is 10.3. The van der Waals surface area contributed by atoms with Gasteiger partial charge in [0.15, 0.2) is 0 Å². The number of benzene rings is 4. The molecule has 0 heterocycles. The van der Waals surface area contributed by atoms with Gasteiger partial charge in [0.25, 0.3) is 0 Å². The molecule has 1 saturated carbocycles. The van der Waals surface area contributed by atoms with Crippen molar-refractivity contribution in [3.8, 4) is 0 Å². The van der Waals surface area contributed by atoms with Crippen LogP contribution in [-0.4, -0.2) is 28.8 Å². The Hall–Kier alpha value is -3.92. The van der Waals surface area contributed by atoms with Gasteiger partial charge in [-0.05, 0) is 46.7 Å². The van der Waals surface area contributed by atoms with Crippen LogP contribution in [0.4, 0.5) is 0 Å².